The van der Waals surface area contributed by atoms with Gasteiger partial charge in [0.25, 0.3) is 5.91 Å². The van der Waals surface area contributed by atoms with Crippen LogP contribution in [0.15, 0.2) is 91.0 Å². The topological polar surface area (TPSA) is 59.1 Å². The summed E-state index contributed by atoms with van der Waals surface area (Å²) in [6, 6.07) is 25.9. The predicted octanol–water partition coefficient (Wildman–Crippen LogP) is 7.25. The van der Waals surface area contributed by atoms with Crippen LogP contribution >= 0.6 is 22.9 Å². The number of rotatable bonds is 5. The van der Waals surface area contributed by atoms with Gasteiger partial charge in [-0.1, -0.05) is 48.0 Å². The number of nitrogens with zero attached hydrogens (tertiary/aromatic N) is 1. The zero-order valence-electron chi connectivity index (χ0n) is 17.3. The average molecular weight is 469 g/mol. The number of thiophene rings is 1. The summed E-state index contributed by atoms with van der Waals surface area (Å²) in [7, 11) is 0. The Morgan fingerprint density at radius 3 is 2.42 bits per heavy atom. The first-order valence-corrected chi connectivity index (χ1v) is 11.4. The fraction of sp³-hybridized carbons (Fsp3) is 0. The summed E-state index contributed by atoms with van der Waals surface area (Å²) in [6.07, 6.45) is 3.26. The second-order valence-corrected chi connectivity index (χ2v) is 8.93. The monoisotopic (exact) mass is 468 g/mol. The van der Waals surface area contributed by atoms with E-state index in [1.54, 1.807) is 42.5 Å². The molecule has 0 aliphatic rings. The van der Waals surface area contributed by atoms with Crippen molar-refractivity contribution in [2.24, 2.45) is 0 Å². The number of amides is 1. The van der Waals surface area contributed by atoms with E-state index in [1.165, 1.54) is 17.4 Å². The van der Waals surface area contributed by atoms with E-state index in [0.29, 0.717) is 21.2 Å². The molecule has 1 N–H and O–H groups in total. The number of ketones is 1. The quantitative estimate of drug-likeness (QED) is 0.218. The van der Waals surface area contributed by atoms with E-state index in [4.69, 9.17) is 11.6 Å². The summed E-state index contributed by atoms with van der Waals surface area (Å²) < 4.78 is 0. The fourth-order valence-corrected chi connectivity index (χ4v) is 4.48. The number of halogens is 1. The lowest BCUT2D eigenvalue weighted by molar-refractivity contribution is 0.102. The first-order valence-electron chi connectivity index (χ1n) is 10.2. The Bertz CT molecular complexity index is 1470. The van der Waals surface area contributed by atoms with Crippen LogP contribution in [0.25, 0.3) is 27.2 Å². The minimum absolute atomic E-state index is 0.120. The van der Waals surface area contributed by atoms with Crippen LogP contribution in [0.2, 0.25) is 5.02 Å². The zero-order chi connectivity index (χ0) is 22.8. The van der Waals surface area contributed by atoms with Gasteiger partial charge >= 0.3 is 0 Å². The lowest BCUT2D eigenvalue weighted by Gasteiger charge is -2.04. The molecule has 160 valence electrons. The second kappa shape index (κ2) is 8.98. The van der Waals surface area contributed by atoms with Crippen LogP contribution in [0.4, 0.5) is 5.69 Å². The molecular weight excluding hydrogens is 452 g/mol. The number of pyridine rings is 1. The van der Waals surface area contributed by atoms with Crippen LogP contribution in [0.5, 0.6) is 0 Å². The molecule has 3 aromatic carbocycles. The number of para-hydroxylation sites is 1. The van der Waals surface area contributed by atoms with E-state index >= 15 is 0 Å². The smallest absolute Gasteiger partial charge is 0.265 e. The highest BCUT2D eigenvalue weighted by Gasteiger charge is 2.12. The van der Waals surface area contributed by atoms with Crippen molar-refractivity contribution in [3.63, 3.8) is 0 Å². The molecule has 0 aliphatic carbocycles. The molecule has 0 atom stereocenters. The van der Waals surface area contributed by atoms with Gasteiger partial charge < -0.3 is 5.32 Å². The Kier molecular flexibility index (Phi) is 5.73. The van der Waals surface area contributed by atoms with Gasteiger partial charge in [0.05, 0.1) is 10.4 Å². The van der Waals surface area contributed by atoms with E-state index in [-0.39, 0.29) is 11.7 Å². The van der Waals surface area contributed by atoms with Crippen LogP contribution in [-0.2, 0) is 0 Å². The van der Waals surface area contributed by atoms with Crippen molar-refractivity contribution >= 4 is 67.5 Å². The molecule has 1 amide bonds. The van der Waals surface area contributed by atoms with Crippen LogP contribution in [0.3, 0.4) is 0 Å². The van der Waals surface area contributed by atoms with Crippen molar-refractivity contribution in [1.82, 2.24) is 4.98 Å². The summed E-state index contributed by atoms with van der Waals surface area (Å²) in [4.78, 5) is 31.3. The van der Waals surface area contributed by atoms with E-state index in [1.807, 2.05) is 48.5 Å². The Balaban J connectivity index is 1.28. The number of anilines is 1. The van der Waals surface area contributed by atoms with Gasteiger partial charge in [0.2, 0.25) is 0 Å². The molecule has 0 saturated heterocycles. The Morgan fingerprint density at radius 1 is 0.879 bits per heavy atom. The standard InChI is InChI=1S/C27H17ClN2O2S/c28-21-10-5-17(6-11-21)7-14-24(31)18-8-12-22(13-9-18)29-26(32)25-16-20-15-19-3-1-2-4-23(19)30-27(20)33-25/h1-16H,(H,29,32)/b14-7+. The van der Waals surface area contributed by atoms with Gasteiger partial charge in [-0.25, -0.2) is 4.98 Å². The maximum absolute atomic E-state index is 12.8. The highest BCUT2D eigenvalue weighted by Crippen LogP contribution is 2.28. The molecule has 2 aromatic heterocycles. The van der Waals surface area contributed by atoms with Gasteiger partial charge in [-0.3, -0.25) is 9.59 Å². The third kappa shape index (κ3) is 4.70. The summed E-state index contributed by atoms with van der Waals surface area (Å²) in [5, 5.41) is 5.53. The molecule has 0 spiro atoms. The van der Waals surface area contributed by atoms with Crippen molar-refractivity contribution < 1.29 is 9.59 Å². The molecule has 0 fully saturated rings. The van der Waals surface area contributed by atoms with Crippen molar-refractivity contribution in [3.05, 3.63) is 112 Å². The maximum Gasteiger partial charge on any atom is 0.265 e. The third-order valence-corrected chi connectivity index (χ3v) is 6.45. The van der Waals surface area contributed by atoms with Crippen molar-refractivity contribution in [3.8, 4) is 0 Å². The van der Waals surface area contributed by atoms with Gasteiger partial charge in [-0.15, -0.1) is 11.3 Å². The molecule has 0 bridgehead atoms. The average Bonchev–Trinajstić information content (AvgIpc) is 3.25. The van der Waals surface area contributed by atoms with Gasteiger partial charge in [0.15, 0.2) is 5.78 Å². The highest BCUT2D eigenvalue weighted by molar-refractivity contribution is 7.20. The Morgan fingerprint density at radius 2 is 1.64 bits per heavy atom. The minimum atomic E-state index is -0.205. The number of allylic oxidation sites excluding steroid dienone is 1. The summed E-state index contributed by atoms with van der Waals surface area (Å²) in [6.45, 7) is 0. The van der Waals surface area contributed by atoms with Crippen LogP contribution < -0.4 is 5.32 Å². The molecule has 33 heavy (non-hydrogen) atoms. The van der Waals surface area contributed by atoms with Crippen molar-refractivity contribution in [2.75, 3.05) is 5.32 Å². The number of hydrogen-bond acceptors (Lipinski definition) is 4. The largest absolute Gasteiger partial charge is 0.321 e. The minimum Gasteiger partial charge on any atom is -0.321 e. The summed E-state index contributed by atoms with van der Waals surface area (Å²) in [5.41, 5.74) is 2.95. The number of nitrogens with one attached hydrogen (secondary N) is 1. The number of benzene rings is 3. The van der Waals surface area contributed by atoms with Crippen LogP contribution in [0, 0.1) is 0 Å². The first kappa shape index (κ1) is 21.1. The van der Waals surface area contributed by atoms with Crippen LogP contribution in [0.1, 0.15) is 25.6 Å². The maximum atomic E-state index is 12.8. The Labute approximate surface area is 199 Å². The molecule has 2 heterocycles. The van der Waals surface area contributed by atoms with Gasteiger partial charge in [-0.05, 0) is 66.2 Å². The molecule has 5 rings (SSSR count). The lowest BCUT2D eigenvalue weighted by atomic mass is 10.1. The van der Waals surface area contributed by atoms with Gasteiger partial charge in [0.1, 0.15) is 4.83 Å². The highest BCUT2D eigenvalue weighted by atomic mass is 35.5. The number of fused-ring (bicyclic) bond motifs is 2. The van der Waals surface area contributed by atoms with Gasteiger partial charge in [0, 0.05) is 27.0 Å². The molecule has 0 radical (unpaired) electrons. The molecule has 0 aliphatic heterocycles. The van der Waals surface area contributed by atoms with E-state index < -0.39 is 0 Å². The first-order chi connectivity index (χ1) is 16.0. The molecule has 4 nitrogen and oxygen atoms in total. The number of carbonyl (C=O) groups excluding carboxylic acids is 2. The summed E-state index contributed by atoms with van der Waals surface area (Å²) in [5.74, 6) is -0.325. The van der Waals surface area contributed by atoms with E-state index in [9.17, 15) is 9.59 Å². The molecule has 0 saturated carbocycles. The van der Waals surface area contributed by atoms with Gasteiger partial charge in [-0.2, -0.15) is 0 Å². The summed E-state index contributed by atoms with van der Waals surface area (Å²) >= 11 is 7.24. The third-order valence-electron chi connectivity index (χ3n) is 5.16. The molecule has 0 unspecified atom stereocenters. The van der Waals surface area contributed by atoms with E-state index in [2.05, 4.69) is 10.3 Å². The van der Waals surface area contributed by atoms with Crippen LogP contribution in [-0.4, -0.2) is 16.7 Å². The van der Waals surface area contributed by atoms with E-state index in [0.717, 1.165) is 26.7 Å². The number of carbonyl (C=O) groups is 2. The molecule has 5 aromatic rings. The Hall–Kier alpha value is -3.80. The fourth-order valence-electron chi connectivity index (χ4n) is 3.44. The SMILES string of the molecule is O=C(/C=C/c1ccc(Cl)cc1)c1ccc(NC(=O)c2cc3cc4ccccc4nc3s2)cc1. The molecule has 6 heteroatoms. The van der Waals surface area contributed by atoms with Crippen molar-refractivity contribution in [2.45, 2.75) is 0 Å². The predicted molar refractivity (Wildman–Crippen MR) is 136 cm³/mol. The van der Waals surface area contributed by atoms with Crippen molar-refractivity contribution in [1.29, 1.82) is 0 Å². The number of aromatic nitrogens is 1. The zero-order valence-corrected chi connectivity index (χ0v) is 18.9. The normalized spacial score (nSPS) is 11.3. The number of hydrogen-bond donors (Lipinski definition) is 1. The lowest BCUT2D eigenvalue weighted by Crippen LogP contribution is -2.10. The second-order valence-electron chi connectivity index (χ2n) is 7.47. The molecular formula is C27H17ClN2O2S.